The van der Waals surface area contributed by atoms with E-state index in [-0.39, 0.29) is 0 Å². The maximum atomic E-state index is 6.20. The van der Waals surface area contributed by atoms with Crippen molar-refractivity contribution in [1.82, 2.24) is 29.9 Å². The van der Waals surface area contributed by atoms with E-state index in [0.29, 0.717) is 45.1 Å². The molecule has 4 aromatic rings. The lowest BCUT2D eigenvalue weighted by molar-refractivity contribution is 0.415. The van der Waals surface area contributed by atoms with Crippen LogP contribution in [0.15, 0.2) is 37.6 Å². The van der Waals surface area contributed by atoms with Crippen LogP contribution in [-0.4, -0.2) is 37.0 Å². The summed E-state index contributed by atoms with van der Waals surface area (Å²) in [5, 5.41) is 0.492. The van der Waals surface area contributed by atoms with Crippen LogP contribution in [0.25, 0.3) is 46.4 Å². The zero-order chi connectivity index (χ0) is 19.0. The molecule has 27 heavy (non-hydrogen) atoms. The van der Waals surface area contributed by atoms with Gasteiger partial charge in [0.25, 0.3) is 0 Å². The molecular formula is C19H15ClN6O. The van der Waals surface area contributed by atoms with E-state index in [4.69, 9.17) is 16.3 Å². The molecule has 8 heteroatoms. The molecule has 3 heterocycles. The summed E-state index contributed by atoms with van der Waals surface area (Å²) in [4.78, 5) is 24.2. The van der Waals surface area contributed by atoms with Crippen molar-refractivity contribution < 1.29 is 4.74 Å². The highest BCUT2D eigenvalue weighted by Crippen LogP contribution is 2.29. The van der Waals surface area contributed by atoms with E-state index in [1.54, 1.807) is 37.6 Å². The first-order valence-corrected chi connectivity index (χ1v) is 8.42. The number of H-pyrrole nitrogens is 2. The third kappa shape index (κ3) is 2.98. The van der Waals surface area contributed by atoms with Crippen LogP contribution in [0.4, 0.5) is 0 Å². The first kappa shape index (κ1) is 17.0. The Labute approximate surface area is 159 Å². The number of rotatable bonds is 5. The Kier molecular flexibility index (Phi) is 4.21. The number of hydrogen-bond donors (Lipinski definition) is 2. The van der Waals surface area contributed by atoms with Crippen molar-refractivity contribution in [3.8, 4) is 28.8 Å². The van der Waals surface area contributed by atoms with Crippen LogP contribution >= 0.6 is 11.6 Å². The Hall–Kier alpha value is -3.45. The van der Waals surface area contributed by atoms with Crippen LogP contribution in [0.2, 0.25) is 5.02 Å². The van der Waals surface area contributed by atoms with Crippen molar-refractivity contribution in [2.24, 2.45) is 0 Å². The highest BCUT2D eigenvalue weighted by Gasteiger charge is 2.14. The fourth-order valence-electron chi connectivity index (χ4n) is 2.69. The number of nitrogens with one attached hydrogen (secondary N) is 2. The Morgan fingerprint density at radius 1 is 1.07 bits per heavy atom. The molecule has 7 nitrogen and oxygen atoms in total. The highest BCUT2D eigenvalue weighted by molar-refractivity contribution is 6.32. The maximum Gasteiger partial charge on any atom is 0.181 e. The van der Waals surface area contributed by atoms with E-state index < -0.39 is 0 Å². The first-order chi connectivity index (χ1) is 13.1. The third-order valence-electron chi connectivity index (χ3n) is 4.03. The van der Waals surface area contributed by atoms with Gasteiger partial charge < -0.3 is 14.7 Å². The number of ether oxygens (including phenoxy) is 1. The largest absolute Gasteiger partial charge is 0.495 e. The lowest BCUT2D eigenvalue weighted by atomic mass is 10.2. The number of aromatic amines is 2. The molecule has 0 aliphatic rings. The quantitative estimate of drug-likeness (QED) is 0.538. The molecule has 3 aromatic heterocycles. The van der Waals surface area contributed by atoms with Gasteiger partial charge in [-0.3, -0.25) is 0 Å². The van der Waals surface area contributed by atoms with E-state index >= 15 is 0 Å². The van der Waals surface area contributed by atoms with E-state index in [9.17, 15) is 0 Å². The van der Waals surface area contributed by atoms with E-state index in [1.165, 1.54) is 0 Å². The van der Waals surface area contributed by atoms with Gasteiger partial charge >= 0.3 is 0 Å². The average molecular weight is 379 g/mol. The highest BCUT2D eigenvalue weighted by atomic mass is 35.5. The molecular weight excluding hydrogens is 364 g/mol. The topological polar surface area (TPSA) is 92.4 Å². The van der Waals surface area contributed by atoms with E-state index in [0.717, 1.165) is 11.3 Å². The Bertz CT molecular complexity index is 1150. The summed E-state index contributed by atoms with van der Waals surface area (Å²) in [7, 11) is 1.57. The lowest BCUT2D eigenvalue weighted by Gasteiger charge is -2.04. The van der Waals surface area contributed by atoms with Crippen molar-refractivity contribution >= 4 is 34.9 Å². The summed E-state index contributed by atoms with van der Waals surface area (Å²) >= 11 is 6.20. The Morgan fingerprint density at radius 3 is 2.56 bits per heavy atom. The van der Waals surface area contributed by atoms with Gasteiger partial charge in [0, 0.05) is 5.56 Å². The van der Waals surface area contributed by atoms with Crippen LogP contribution in [0.5, 0.6) is 5.75 Å². The van der Waals surface area contributed by atoms with Gasteiger partial charge in [0.05, 0.1) is 29.7 Å². The molecule has 0 unspecified atom stereocenters. The van der Waals surface area contributed by atoms with Gasteiger partial charge in [-0.05, 0) is 30.4 Å². The first-order valence-electron chi connectivity index (χ1n) is 8.05. The molecule has 0 spiro atoms. The van der Waals surface area contributed by atoms with Crippen LogP contribution in [-0.2, 0) is 0 Å². The van der Waals surface area contributed by atoms with Gasteiger partial charge in [-0.15, -0.1) is 0 Å². The molecule has 0 atom stereocenters. The second kappa shape index (κ2) is 6.69. The maximum absolute atomic E-state index is 6.20. The molecule has 0 saturated heterocycles. The fourth-order valence-corrected chi connectivity index (χ4v) is 2.95. The van der Waals surface area contributed by atoms with Crippen LogP contribution in [0, 0.1) is 0 Å². The smallest absolute Gasteiger partial charge is 0.181 e. The minimum Gasteiger partial charge on any atom is -0.495 e. The monoisotopic (exact) mass is 378 g/mol. The SMILES string of the molecule is C=Cc1nc(-c2nc3nc(-c4ccc(OC)c(Cl)c4)ncc3[nH]2)[nH]c1C=C. The molecule has 0 bridgehead atoms. The average Bonchev–Trinajstić information content (AvgIpc) is 3.30. The molecule has 0 fully saturated rings. The van der Waals surface area contributed by atoms with E-state index in [2.05, 4.69) is 43.1 Å². The molecule has 2 N–H and O–H groups in total. The van der Waals surface area contributed by atoms with Crippen molar-refractivity contribution in [3.63, 3.8) is 0 Å². The molecule has 1 aromatic carbocycles. The zero-order valence-corrected chi connectivity index (χ0v) is 15.2. The van der Waals surface area contributed by atoms with Gasteiger partial charge in [-0.2, -0.15) is 0 Å². The number of halogens is 1. The normalized spacial score (nSPS) is 10.9. The number of fused-ring (bicyclic) bond motifs is 1. The summed E-state index contributed by atoms with van der Waals surface area (Å²) in [5.74, 6) is 2.24. The molecule has 0 aliphatic carbocycles. The molecule has 0 amide bonds. The van der Waals surface area contributed by atoms with Crippen molar-refractivity contribution in [2.45, 2.75) is 0 Å². The van der Waals surface area contributed by atoms with Crippen molar-refractivity contribution in [3.05, 3.63) is 54.0 Å². The third-order valence-corrected chi connectivity index (χ3v) is 4.33. The summed E-state index contributed by atoms with van der Waals surface area (Å²) in [5.41, 5.74) is 3.48. The second-order valence-corrected chi connectivity index (χ2v) is 6.07. The van der Waals surface area contributed by atoms with Gasteiger partial charge in [0.15, 0.2) is 23.1 Å². The number of nitrogens with zero attached hydrogens (tertiary/aromatic N) is 4. The predicted octanol–water partition coefficient (Wildman–Crippen LogP) is 4.36. The number of benzene rings is 1. The van der Waals surface area contributed by atoms with Crippen LogP contribution in [0.3, 0.4) is 0 Å². The molecule has 134 valence electrons. The predicted molar refractivity (Wildman–Crippen MR) is 106 cm³/mol. The van der Waals surface area contributed by atoms with E-state index in [1.807, 2.05) is 6.07 Å². The number of imidazole rings is 2. The molecule has 0 radical (unpaired) electrons. The summed E-state index contributed by atoms with van der Waals surface area (Å²) in [6.45, 7) is 7.51. The van der Waals surface area contributed by atoms with Gasteiger partial charge in [-0.25, -0.2) is 19.9 Å². The van der Waals surface area contributed by atoms with Crippen molar-refractivity contribution in [1.29, 1.82) is 0 Å². The Balaban J connectivity index is 1.76. The Morgan fingerprint density at radius 2 is 1.89 bits per heavy atom. The molecule has 4 rings (SSSR count). The summed E-state index contributed by atoms with van der Waals surface area (Å²) in [6, 6.07) is 5.38. The minimum atomic E-state index is 0.492. The lowest BCUT2D eigenvalue weighted by Crippen LogP contribution is -1.91. The number of methoxy groups -OCH3 is 1. The molecule has 0 aliphatic heterocycles. The van der Waals surface area contributed by atoms with Gasteiger partial charge in [0.1, 0.15) is 11.3 Å². The number of hydrogen-bond acceptors (Lipinski definition) is 5. The van der Waals surface area contributed by atoms with Crippen LogP contribution in [0.1, 0.15) is 11.4 Å². The van der Waals surface area contributed by atoms with Gasteiger partial charge in [0.2, 0.25) is 0 Å². The summed E-state index contributed by atoms with van der Waals surface area (Å²) in [6.07, 6.45) is 5.02. The number of aromatic nitrogens is 6. The zero-order valence-electron chi connectivity index (χ0n) is 14.5. The standard InChI is InChI=1S/C19H15ClN6O/c1-4-12-13(5-2)23-18(22-12)19-24-14-9-21-16(25-17(14)26-19)10-6-7-15(27-3)11(20)8-10/h4-9H,1-2H2,3H3,(H,22,23)(H,21,24,25,26). The molecule has 0 saturated carbocycles. The fraction of sp³-hybridized carbons (Fsp3) is 0.0526. The van der Waals surface area contributed by atoms with Gasteiger partial charge in [-0.1, -0.05) is 24.8 Å². The summed E-state index contributed by atoms with van der Waals surface area (Å²) < 4.78 is 5.17. The van der Waals surface area contributed by atoms with Crippen LogP contribution < -0.4 is 4.74 Å². The second-order valence-electron chi connectivity index (χ2n) is 5.66. The minimum absolute atomic E-state index is 0.492. The van der Waals surface area contributed by atoms with Crippen molar-refractivity contribution in [2.75, 3.05) is 7.11 Å².